The summed E-state index contributed by atoms with van der Waals surface area (Å²) in [5, 5.41) is 0. The maximum Gasteiger partial charge on any atom is 0.313 e. The first-order valence-corrected chi connectivity index (χ1v) is 4.41. The highest BCUT2D eigenvalue weighted by Crippen LogP contribution is 1.98. The molecule has 0 amide bonds. The monoisotopic (exact) mass is 188 g/mol. The Kier molecular flexibility index (Phi) is 6.14. The number of hydrogen-bond acceptors (Lipinski definition) is 4. The zero-order chi connectivity index (χ0) is 10.3. The van der Waals surface area contributed by atoms with Crippen LogP contribution in [0.25, 0.3) is 0 Å². The van der Waals surface area contributed by atoms with Crippen molar-refractivity contribution in [3.63, 3.8) is 0 Å². The molecule has 0 aromatic carbocycles. The third-order valence-corrected chi connectivity index (χ3v) is 1.49. The molecule has 4 nitrogen and oxygen atoms in total. The van der Waals surface area contributed by atoms with Crippen LogP contribution in [0.2, 0.25) is 0 Å². The largest absolute Gasteiger partial charge is 0.466 e. The fraction of sp³-hybridized carbons (Fsp3) is 0.778. The summed E-state index contributed by atoms with van der Waals surface area (Å²) in [6.07, 6.45) is -0.718. The predicted molar refractivity (Wildman–Crippen MR) is 47.3 cm³/mol. The van der Waals surface area contributed by atoms with E-state index < -0.39 is 12.1 Å². The topological polar surface area (TPSA) is 52.6 Å². The molecule has 0 radical (unpaired) electrons. The predicted octanol–water partition coefficient (Wildman–Crippen LogP) is 0.934. The molecule has 0 heterocycles. The second-order valence-electron chi connectivity index (χ2n) is 2.55. The quantitative estimate of drug-likeness (QED) is 0.459. The van der Waals surface area contributed by atoms with E-state index in [0.29, 0.717) is 13.2 Å². The Balaban J connectivity index is 3.78. The molecule has 0 aromatic heterocycles. The van der Waals surface area contributed by atoms with Crippen molar-refractivity contribution in [2.24, 2.45) is 0 Å². The molecular weight excluding hydrogens is 172 g/mol. The molecule has 0 bridgehead atoms. The van der Waals surface area contributed by atoms with Gasteiger partial charge in [-0.2, -0.15) is 0 Å². The van der Waals surface area contributed by atoms with Crippen LogP contribution in [0.4, 0.5) is 0 Å². The fourth-order valence-electron chi connectivity index (χ4n) is 0.841. The highest BCUT2D eigenvalue weighted by atomic mass is 16.5. The molecule has 4 heteroatoms. The van der Waals surface area contributed by atoms with Gasteiger partial charge >= 0.3 is 5.97 Å². The summed E-state index contributed by atoms with van der Waals surface area (Å²) in [5.41, 5.74) is 0. The van der Waals surface area contributed by atoms with Crippen molar-refractivity contribution < 1.29 is 19.1 Å². The number of ketones is 1. The highest BCUT2D eigenvalue weighted by molar-refractivity contribution is 5.97. The molecule has 0 aliphatic rings. The maximum absolute atomic E-state index is 11.2. The average molecular weight is 188 g/mol. The van der Waals surface area contributed by atoms with E-state index >= 15 is 0 Å². The lowest BCUT2D eigenvalue weighted by atomic mass is 10.2. The second kappa shape index (κ2) is 6.60. The van der Waals surface area contributed by atoms with Gasteiger partial charge in [0.05, 0.1) is 6.61 Å². The van der Waals surface area contributed by atoms with Gasteiger partial charge in [-0.25, -0.2) is 0 Å². The summed E-state index contributed by atoms with van der Waals surface area (Å²) in [4.78, 5) is 22.1. The SMILES string of the molecule is CCOC(=O)CC(=O)C(C)OCC. The molecule has 1 atom stereocenters. The van der Waals surface area contributed by atoms with Crippen molar-refractivity contribution in [3.05, 3.63) is 0 Å². The Labute approximate surface area is 78.2 Å². The van der Waals surface area contributed by atoms with Gasteiger partial charge < -0.3 is 9.47 Å². The van der Waals surface area contributed by atoms with E-state index in [2.05, 4.69) is 4.74 Å². The lowest BCUT2D eigenvalue weighted by Gasteiger charge is -2.09. The van der Waals surface area contributed by atoms with Crippen molar-refractivity contribution >= 4 is 11.8 Å². The summed E-state index contributed by atoms with van der Waals surface area (Å²) in [6, 6.07) is 0. The molecule has 1 unspecified atom stereocenters. The minimum Gasteiger partial charge on any atom is -0.466 e. The van der Waals surface area contributed by atoms with E-state index in [4.69, 9.17) is 4.74 Å². The molecule has 76 valence electrons. The van der Waals surface area contributed by atoms with Crippen LogP contribution in [0.3, 0.4) is 0 Å². The molecule has 0 aromatic rings. The molecule has 0 aliphatic carbocycles. The summed E-state index contributed by atoms with van der Waals surface area (Å²) in [6.45, 7) is 5.90. The highest BCUT2D eigenvalue weighted by Gasteiger charge is 2.17. The van der Waals surface area contributed by atoms with E-state index in [1.165, 1.54) is 0 Å². The van der Waals surface area contributed by atoms with Gasteiger partial charge in [-0.1, -0.05) is 0 Å². The van der Waals surface area contributed by atoms with Crippen LogP contribution < -0.4 is 0 Å². The number of Topliss-reactive ketones (excluding diaryl/α,β-unsaturated/α-hetero) is 1. The summed E-state index contributed by atoms with van der Waals surface area (Å²) in [5.74, 6) is -0.723. The second-order valence-corrected chi connectivity index (χ2v) is 2.55. The molecule has 0 spiro atoms. The normalized spacial score (nSPS) is 12.2. The van der Waals surface area contributed by atoms with Gasteiger partial charge in [0, 0.05) is 6.61 Å². The van der Waals surface area contributed by atoms with Gasteiger partial charge in [-0.3, -0.25) is 9.59 Å². The Morgan fingerprint density at radius 2 is 1.85 bits per heavy atom. The number of ether oxygens (including phenoxy) is 2. The van der Waals surface area contributed by atoms with Gasteiger partial charge in [0.1, 0.15) is 12.5 Å². The Hall–Kier alpha value is -0.900. The number of carbonyl (C=O) groups is 2. The number of hydrogen-bond donors (Lipinski definition) is 0. The van der Waals surface area contributed by atoms with Crippen LogP contribution in [0, 0.1) is 0 Å². The Morgan fingerprint density at radius 3 is 2.31 bits per heavy atom. The van der Waals surface area contributed by atoms with Crippen LogP contribution in [0.5, 0.6) is 0 Å². The molecule has 0 rings (SSSR count). The zero-order valence-electron chi connectivity index (χ0n) is 8.33. The van der Waals surface area contributed by atoms with E-state index in [1.807, 2.05) is 0 Å². The molecule has 0 saturated carbocycles. The number of rotatable bonds is 6. The van der Waals surface area contributed by atoms with Gasteiger partial charge in [0.25, 0.3) is 0 Å². The van der Waals surface area contributed by atoms with Crippen LogP contribution in [0.1, 0.15) is 27.2 Å². The maximum atomic E-state index is 11.2. The Bertz CT molecular complexity index is 176. The lowest BCUT2D eigenvalue weighted by molar-refractivity contribution is -0.147. The van der Waals surface area contributed by atoms with Crippen molar-refractivity contribution in [1.29, 1.82) is 0 Å². The minimum atomic E-state index is -0.519. The standard InChI is InChI=1S/C9H16O4/c1-4-12-7(3)8(10)6-9(11)13-5-2/h7H,4-6H2,1-3H3. The first kappa shape index (κ1) is 12.1. The first-order valence-electron chi connectivity index (χ1n) is 4.41. The van der Waals surface area contributed by atoms with Crippen molar-refractivity contribution in [1.82, 2.24) is 0 Å². The third-order valence-electron chi connectivity index (χ3n) is 1.49. The lowest BCUT2D eigenvalue weighted by Crippen LogP contribution is -2.24. The number of carbonyl (C=O) groups excluding carboxylic acids is 2. The van der Waals surface area contributed by atoms with Crippen molar-refractivity contribution in [2.75, 3.05) is 13.2 Å². The van der Waals surface area contributed by atoms with Crippen LogP contribution >= 0.6 is 0 Å². The van der Waals surface area contributed by atoms with Gasteiger partial charge in [-0.15, -0.1) is 0 Å². The van der Waals surface area contributed by atoms with E-state index in [9.17, 15) is 9.59 Å². The van der Waals surface area contributed by atoms with E-state index in [0.717, 1.165) is 0 Å². The minimum absolute atomic E-state index is 0.199. The van der Waals surface area contributed by atoms with Crippen molar-refractivity contribution in [2.45, 2.75) is 33.3 Å². The van der Waals surface area contributed by atoms with E-state index in [1.54, 1.807) is 20.8 Å². The van der Waals surface area contributed by atoms with Crippen LogP contribution in [-0.4, -0.2) is 31.1 Å². The third kappa shape index (κ3) is 5.36. The van der Waals surface area contributed by atoms with Gasteiger partial charge in [0.2, 0.25) is 0 Å². The molecule has 13 heavy (non-hydrogen) atoms. The van der Waals surface area contributed by atoms with Crippen molar-refractivity contribution in [3.8, 4) is 0 Å². The molecular formula is C9H16O4. The van der Waals surface area contributed by atoms with Gasteiger partial charge in [0.15, 0.2) is 5.78 Å². The summed E-state index contributed by atoms with van der Waals surface area (Å²) >= 11 is 0. The fourth-order valence-corrected chi connectivity index (χ4v) is 0.841. The smallest absolute Gasteiger partial charge is 0.313 e. The van der Waals surface area contributed by atoms with Crippen LogP contribution in [-0.2, 0) is 19.1 Å². The first-order chi connectivity index (χ1) is 6.11. The average Bonchev–Trinajstić information content (AvgIpc) is 2.05. The molecule has 0 N–H and O–H groups in total. The summed E-state index contributed by atoms with van der Waals surface area (Å²) in [7, 11) is 0. The molecule has 0 saturated heterocycles. The summed E-state index contributed by atoms with van der Waals surface area (Å²) < 4.78 is 9.65. The molecule has 0 aliphatic heterocycles. The zero-order valence-corrected chi connectivity index (χ0v) is 8.33. The van der Waals surface area contributed by atoms with E-state index in [-0.39, 0.29) is 12.2 Å². The number of esters is 1. The van der Waals surface area contributed by atoms with Gasteiger partial charge in [-0.05, 0) is 20.8 Å². The molecule has 0 fully saturated rings. The van der Waals surface area contributed by atoms with Crippen LogP contribution in [0.15, 0.2) is 0 Å². The Morgan fingerprint density at radius 1 is 1.23 bits per heavy atom.